The molecule has 0 unspecified atom stereocenters. The Morgan fingerprint density at radius 3 is 2.75 bits per heavy atom. The molecule has 1 fully saturated rings. The number of hydrogen-bond donors (Lipinski definition) is 1. The summed E-state index contributed by atoms with van der Waals surface area (Å²) < 4.78 is 10.9. The van der Waals surface area contributed by atoms with Gasteiger partial charge in [0.2, 0.25) is 5.91 Å². The lowest BCUT2D eigenvalue weighted by molar-refractivity contribution is -0.122. The first-order chi connectivity index (χ1) is 13.6. The highest BCUT2D eigenvalue weighted by molar-refractivity contribution is 5.78. The number of ether oxygens (including phenoxy) is 2. The molecule has 0 bridgehead atoms. The van der Waals surface area contributed by atoms with E-state index in [0.29, 0.717) is 13.1 Å². The average molecular weight is 383 g/mol. The van der Waals surface area contributed by atoms with Crippen LogP contribution in [0.25, 0.3) is 0 Å². The zero-order valence-corrected chi connectivity index (χ0v) is 17.0. The van der Waals surface area contributed by atoms with Crippen LogP contribution >= 0.6 is 0 Å². The van der Waals surface area contributed by atoms with Crippen molar-refractivity contribution in [2.75, 3.05) is 33.9 Å². The number of aryl methyl sites for hydroxylation is 1. The maximum absolute atomic E-state index is 12.5. The van der Waals surface area contributed by atoms with Crippen molar-refractivity contribution in [1.82, 2.24) is 10.2 Å². The largest absolute Gasteiger partial charge is 0.497 e. The van der Waals surface area contributed by atoms with Gasteiger partial charge in [0.1, 0.15) is 11.5 Å². The molecule has 3 rings (SSSR count). The number of carbonyl (C=O) groups excluding carboxylic acids is 1. The summed E-state index contributed by atoms with van der Waals surface area (Å²) >= 11 is 0. The van der Waals surface area contributed by atoms with E-state index < -0.39 is 0 Å². The number of benzene rings is 2. The maximum Gasteiger partial charge on any atom is 0.234 e. The summed E-state index contributed by atoms with van der Waals surface area (Å²) in [5, 5.41) is 3.07. The number of nitrogens with zero attached hydrogens (tertiary/aromatic N) is 1. The summed E-state index contributed by atoms with van der Waals surface area (Å²) in [6.07, 6.45) is 2.94. The van der Waals surface area contributed by atoms with Gasteiger partial charge in [-0.2, -0.15) is 0 Å². The zero-order chi connectivity index (χ0) is 19.9. The van der Waals surface area contributed by atoms with Crippen LogP contribution in [-0.2, 0) is 11.2 Å². The molecule has 5 nitrogen and oxygen atoms in total. The quantitative estimate of drug-likeness (QED) is 0.759. The van der Waals surface area contributed by atoms with Crippen molar-refractivity contribution in [1.29, 1.82) is 0 Å². The molecule has 1 saturated heterocycles. The molecular weight excluding hydrogens is 352 g/mol. The van der Waals surface area contributed by atoms with Gasteiger partial charge >= 0.3 is 0 Å². The molecule has 1 atom stereocenters. The smallest absolute Gasteiger partial charge is 0.234 e. The average Bonchev–Trinajstić information content (AvgIpc) is 3.16. The number of amides is 1. The highest BCUT2D eigenvalue weighted by Gasteiger charge is 2.30. The number of carbonyl (C=O) groups is 1. The lowest BCUT2D eigenvalue weighted by Crippen LogP contribution is -2.37. The lowest BCUT2D eigenvalue weighted by Gasteiger charge is -2.26. The van der Waals surface area contributed by atoms with E-state index in [1.165, 1.54) is 11.1 Å². The monoisotopic (exact) mass is 382 g/mol. The zero-order valence-electron chi connectivity index (χ0n) is 17.0. The van der Waals surface area contributed by atoms with Gasteiger partial charge in [-0.25, -0.2) is 0 Å². The van der Waals surface area contributed by atoms with Crippen LogP contribution in [-0.4, -0.2) is 44.7 Å². The van der Waals surface area contributed by atoms with Crippen LogP contribution in [0.2, 0.25) is 0 Å². The van der Waals surface area contributed by atoms with Gasteiger partial charge in [-0.3, -0.25) is 9.69 Å². The summed E-state index contributed by atoms with van der Waals surface area (Å²) in [6, 6.07) is 14.3. The molecule has 1 N–H and O–H groups in total. The predicted octanol–water partition coefficient (Wildman–Crippen LogP) is 3.51. The molecule has 1 amide bonds. The minimum Gasteiger partial charge on any atom is -0.497 e. The Bertz CT molecular complexity index is 806. The number of hydrogen-bond acceptors (Lipinski definition) is 4. The SMILES string of the molecule is COc1ccc(OC)c([C@H]2CCCN2CC(=O)NCCc2ccccc2C)c1. The summed E-state index contributed by atoms with van der Waals surface area (Å²) in [5.41, 5.74) is 3.64. The number of rotatable bonds is 8. The van der Waals surface area contributed by atoms with Crippen LogP contribution in [0.3, 0.4) is 0 Å². The Morgan fingerprint density at radius 1 is 1.18 bits per heavy atom. The van der Waals surface area contributed by atoms with E-state index in [-0.39, 0.29) is 11.9 Å². The van der Waals surface area contributed by atoms with E-state index in [4.69, 9.17) is 9.47 Å². The van der Waals surface area contributed by atoms with Crippen LogP contribution in [0.4, 0.5) is 0 Å². The first kappa shape index (κ1) is 20.2. The van der Waals surface area contributed by atoms with Gasteiger partial charge in [-0.05, 0) is 62.1 Å². The number of likely N-dealkylation sites (tertiary alicyclic amines) is 1. The molecule has 150 valence electrons. The van der Waals surface area contributed by atoms with Crippen LogP contribution < -0.4 is 14.8 Å². The first-order valence-corrected chi connectivity index (χ1v) is 9.89. The molecule has 0 saturated carbocycles. The van der Waals surface area contributed by atoms with Crippen molar-refractivity contribution in [3.05, 3.63) is 59.2 Å². The molecule has 28 heavy (non-hydrogen) atoms. The molecule has 0 radical (unpaired) electrons. The highest BCUT2D eigenvalue weighted by Crippen LogP contribution is 2.38. The second-order valence-electron chi connectivity index (χ2n) is 7.26. The van der Waals surface area contributed by atoms with Gasteiger partial charge in [-0.15, -0.1) is 0 Å². The van der Waals surface area contributed by atoms with Crippen LogP contribution in [0.15, 0.2) is 42.5 Å². The fourth-order valence-electron chi connectivity index (χ4n) is 3.93. The van der Waals surface area contributed by atoms with Crippen molar-refractivity contribution in [3.63, 3.8) is 0 Å². The Hall–Kier alpha value is -2.53. The molecule has 0 aromatic heterocycles. The Morgan fingerprint density at radius 2 is 2.00 bits per heavy atom. The van der Waals surface area contributed by atoms with Crippen LogP contribution in [0.1, 0.15) is 35.6 Å². The molecule has 1 heterocycles. The minimum atomic E-state index is 0.0716. The van der Waals surface area contributed by atoms with E-state index in [1.54, 1.807) is 14.2 Å². The normalized spacial score (nSPS) is 16.8. The van der Waals surface area contributed by atoms with Crippen molar-refractivity contribution in [2.24, 2.45) is 0 Å². The lowest BCUT2D eigenvalue weighted by atomic mass is 10.0. The first-order valence-electron chi connectivity index (χ1n) is 9.89. The topological polar surface area (TPSA) is 50.8 Å². The van der Waals surface area contributed by atoms with Gasteiger partial charge in [0, 0.05) is 18.2 Å². The third-order valence-corrected chi connectivity index (χ3v) is 5.48. The molecular formula is C23H30N2O3. The molecule has 2 aromatic rings. The van der Waals surface area contributed by atoms with Crippen molar-refractivity contribution < 1.29 is 14.3 Å². The standard InChI is InChI=1S/C23H30N2O3/c1-17-7-4-5-8-18(17)12-13-24-23(26)16-25-14-6-9-21(25)20-15-19(27-2)10-11-22(20)28-3/h4-5,7-8,10-11,15,21H,6,9,12-14,16H2,1-3H3,(H,24,26)/t21-/m1/s1. The van der Waals surface area contributed by atoms with Gasteiger partial charge in [0.25, 0.3) is 0 Å². The Balaban J connectivity index is 1.59. The fraction of sp³-hybridized carbons (Fsp3) is 0.435. The van der Waals surface area contributed by atoms with E-state index in [2.05, 4.69) is 29.3 Å². The van der Waals surface area contributed by atoms with Gasteiger partial charge in [0.05, 0.1) is 20.8 Å². The summed E-state index contributed by atoms with van der Waals surface area (Å²) in [4.78, 5) is 14.8. The molecule has 2 aromatic carbocycles. The van der Waals surface area contributed by atoms with Crippen LogP contribution in [0.5, 0.6) is 11.5 Å². The van der Waals surface area contributed by atoms with E-state index in [9.17, 15) is 4.79 Å². The Labute approximate surface area is 167 Å². The van der Waals surface area contributed by atoms with Gasteiger partial charge in [0.15, 0.2) is 0 Å². The highest BCUT2D eigenvalue weighted by atomic mass is 16.5. The maximum atomic E-state index is 12.5. The molecule has 1 aliphatic rings. The molecule has 0 spiro atoms. The number of methoxy groups -OCH3 is 2. The third kappa shape index (κ3) is 4.84. The van der Waals surface area contributed by atoms with Crippen molar-refractivity contribution in [2.45, 2.75) is 32.2 Å². The van der Waals surface area contributed by atoms with Gasteiger partial charge < -0.3 is 14.8 Å². The predicted molar refractivity (Wildman–Crippen MR) is 111 cm³/mol. The van der Waals surface area contributed by atoms with E-state index >= 15 is 0 Å². The molecule has 0 aliphatic carbocycles. The number of nitrogens with one attached hydrogen (secondary N) is 1. The van der Waals surface area contributed by atoms with Crippen molar-refractivity contribution >= 4 is 5.91 Å². The third-order valence-electron chi connectivity index (χ3n) is 5.48. The molecule has 1 aliphatic heterocycles. The van der Waals surface area contributed by atoms with Gasteiger partial charge in [-0.1, -0.05) is 24.3 Å². The Kier molecular flexibility index (Phi) is 6.93. The van der Waals surface area contributed by atoms with Crippen molar-refractivity contribution in [3.8, 4) is 11.5 Å². The second kappa shape index (κ2) is 9.60. The fourth-order valence-corrected chi connectivity index (χ4v) is 3.93. The minimum absolute atomic E-state index is 0.0716. The van der Waals surface area contributed by atoms with E-state index in [0.717, 1.165) is 42.9 Å². The molecule has 5 heteroatoms. The van der Waals surface area contributed by atoms with Crippen LogP contribution in [0, 0.1) is 6.92 Å². The summed E-state index contributed by atoms with van der Waals surface area (Å²) in [5.74, 6) is 1.73. The summed E-state index contributed by atoms with van der Waals surface area (Å²) in [6.45, 7) is 4.08. The van der Waals surface area contributed by atoms with E-state index in [1.807, 2.05) is 30.3 Å². The second-order valence-corrected chi connectivity index (χ2v) is 7.26. The summed E-state index contributed by atoms with van der Waals surface area (Å²) in [7, 11) is 3.35.